The van der Waals surface area contributed by atoms with Crippen LogP contribution in [0.2, 0.25) is 0 Å². The quantitative estimate of drug-likeness (QED) is 0.276. The minimum Gasteiger partial charge on any atom is -0.480 e. The maximum atomic E-state index is 11.7. The average Bonchev–Trinajstić information content (AvgIpc) is 2.54. The Morgan fingerprint density at radius 2 is 1.65 bits per heavy atom. The lowest BCUT2D eigenvalue weighted by molar-refractivity contribution is -0.161. The monoisotopic (exact) mass is 419 g/mol. The number of phosphoric acid groups is 1. The molecule has 0 bridgehead atoms. The predicted molar refractivity (Wildman–Crippen MR) is 94.5 cm³/mol. The zero-order valence-corrected chi connectivity index (χ0v) is 17.1. The van der Waals surface area contributed by atoms with E-state index in [1.165, 1.54) is 0 Å². The topological polar surface area (TPSA) is 172 Å². The second-order valence-corrected chi connectivity index (χ2v) is 6.36. The van der Waals surface area contributed by atoms with Crippen LogP contribution in [0.1, 0.15) is 33.1 Å². The normalized spacial score (nSPS) is 15.1. The molecule has 154 valence electrons. The molecule has 4 N–H and O–H groups in total. The summed E-state index contributed by atoms with van der Waals surface area (Å²) in [6.07, 6.45) is -0.383. The Labute approximate surface area is 154 Å². The Balaban J connectivity index is 0. The number of carboxylic acid groups (broad SMARTS) is 1. The van der Waals surface area contributed by atoms with Gasteiger partial charge in [-0.2, -0.15) is 9.90 Å². The van der Waals surface area contributed by atoms with Crippen molar-refractivity contribution in [3.8, 4) is 0 Å². The van der Waals surface area contributed by atoms with Gasteiger partial charge in [-0.15, -0.1) is 0 Å². The number of rotatable bonds is 13. The van der Waals surface area contributed by atoms with E-state index in [0.717, 1.165) is 0 Å². The van der Waals surface area contributed by atoms with Gasteiger partial charge in [0.1, 0.15) is 12.6 Å². The number of carbonyl (C=O) groups excluding carboxylic acids is 2. The molecule has 0 aromatic rings. The number of phosphoric ester groups is 1. The van der Waals surface area contributed by atoms with E-state index in [1.807, 2.05) is 0 Å². The first-order valence-corrected chi connectivity index (χ1v) is 9.06. The van der Waals surface area contributed by atoms with Crippen LogP contribution in [0.15, 0.2) is 0 Å². The Morgan fingerprint density at radius 1 is 1.08 bits per heavy atom. The van der Waals surface area contributed by atoms with Gasteiger partial charge in [0.15, 0.2) is 6.10 Å². The summed E-state index contributed by atoms with van der Waals surface area (Å²) in [6.45, 7) is 1.61. The third-order valence-corrected chi connectivity index (χ3v) is 3.58. The Morgan fingerprint density at radius 3 is 2.15 bits per heavy atom. The molecule has 2 unspecified atom stereocenters. The fraction of sp³-hybridized carbons (Fsp3) is 0.769. The van der Waals surface area contributed by atoms with Crippen LogP contribution >= 0.6 is 17.7 Å². The van der Waals surface area contributed by atoms with Crippen molar-refractivity contribution in [2.75, 3.05) is 19.8 Å². The van der Waals surface area contributed by atoms with E-state index >= 15 is 0 Å². The molecule has 0 aliphatic carbocycles. The van der Waals surface area contributed by atoms with Gasteiger partial charge in [-0.25, -0.2) is 4.57 Å². The molecule has 0 amide bonds. The van der Waals surface area contributed by atoms with Crippen molar-refractivity contribution in [1.82, 2.24) is 0 Å². The van der Waals surface area contributed by atoms with Gasteiger partial charge in [0.2, 0.25) is 0 Å². The molecule has 0 aliphatic heterocycles. The zero-order valence-electron chi connectivity index (χ0n) is 14.8. The molecule has 0 rings (SSSR count). The second-order valence-electron chi connectivity index (χ2n) is 4.90. The van der Waals surface area contributed by atoms with E-state index < -0.39 is 51.1 Å². The van der Waals surface area contributed by atoms with Crippen molar-refractivity contribution in [2.45, 2.75) is 45.3 Å². The van der Waals surface area contributed by atoms with Crippen molar-refractivity contribution in [3.63, 3.8) is 0 Å². The SMILES string of the molecule is CCCC(=O)O[C@H](COC(=O)CC)COP(=O)(O)OC[C@H](N)C(=O)O.P. The minimum absolute atomic E-state index is 0. The standard InChI is InChI=1S/C13H24NO10P.H3P/c1-3-5-12(16)24-9(6-21-11(15)4-2)7-22-25(19,20)23-8-10(14)13(17)18;/h9-10H,3-8,14H2,1-2H3,(H,17,18)(H,19,20);1H3/t9-,10+;/m1./s1. The summed E-state index contributed by atoms with van der Waals surface area (Å²) in [4.78, 5) is 42.7. The number of carbonyl (C=O) groups is 3. The molecule has 26 heavy (non-hydrogen) atoms. The van der Waals surface area contributed by atoms with Crippen LogP contribution in [0.4, 0.5) is 0 Å². The maximum absolute atomic E-state index is 11.7. The zero-order chi connectivity index (χ0) is 19.5. The summed E-state index contributed by atoms with van der Waals surface area (Å²) in [6, 6.07) is -1.51. The predicted octanol–water partition coefficient (Wildman–Crippen LogP) is 0.255. The number of esters is 2. The van der Waals surface area contributed by atoms with E-state index in [9.17, 15) is 23.8 Å². The number of ether oxygens (including phenoxy) is 2. The van der Waals surface area contributed by atoms with Crippen LogP contribution in [0.5, 0.6) is 0 Å². The van der Waals surface area contributed by atoms with E-state index in [2.05, 4.69) is 9.05 Å². The molecular weight excluding hydrogens is 392 g/mol. The lowest BCUT2D eigenvalue weighted by Gasteiger charge is -2.20. The fourth-order valence-corrected chi connectivity index (χ4v) is 2.09. The summed E-state index contributed by atoms with van der Waals surface area (Å²) in [5.74, 6) is -2.56. The van der Waals surface area contributed by atoms with Crippen molar-refractivity contribution in [3.05, 3.63) is 0 Å². The van der Waals surface area contributed by atoms with Gasteiger partial charge < -0.3 is 25.2 Å². The highest BCUT2D eigenvalue weighted by Gasteiger charge is 2.27. The largest absolute Gasteiger partial charge is 0.480 e. The van der Waals surface area contributed by atoms with Crippen LogP contribution in [0, 0.1) is 0 Å². The lowest BCUT2D eigenvalue weighted by atomic mass is 10.3. The molecule has 0 aliphatic rings. The van der Waals surface area contributed by atoms with E-state index in [4.69, 9.17) is 20.3 Å². The molecule has 0 saturated carbocycles. The molecule has 0 aromatic heterocycles. The first-order valence-electron chi connectivity index (χ1n) is 7.56. The highest BCUT2D eigenvalue weighted by Crippen LogP contribution is 2.43. The number of nitrogens with two attached hydrogens (primary N) is 1. The Bertz CT molecular complexity index is 501. The molecular formula is C13H27NO10P2. The maximum Gasteiger partial charge on any atom is 0.472 e. The van der Waals surface area contributed by atoms with E-state index in [1.54, 1.807) is 13.8 Å². The van der Waals surface area contributed by atoms with Crippen LogP contribution in [-0.2, 0) is 37.5 Å². The van der Waals surface area contributed by atoms with Gasteiger partial charge in [-0.1, -0.05) is 13.8 Å². The van der Waals surface area contributed by atoms with Crippen molar-refractivity contribution in [2.24, 2.45) is 5.73 Å². The molecule has 0 aromatic carbocycles. The van der Waals surface area contributed by atoms with Gasteiger partial charge in [0.25, 0.3) is 0 Å². The molecule has 0 heterocycles. The van der Waals surface area contributed by atoms with Gasteiger partial charge in [-0.05, 0) is 6.42 Å². The van der Waals surface area contributed by atoms with Gasteiger partial charge in [0, 0.05) is 12.8 Å². The van der Waals surface area contributed by atoms with Gasteiger partial charge in [0.05, 0.1) is 13.2 Å². The van der Waals surface area contributed by atoms with Crippen molar-refractivity contribution < 1.29 is 47.5 Å². The Kier molecular flexibility index (Phi) is 14.6. The third kappa shape index (κ3) is 13.2. The number of carboxylic acids is 1. The van der Waals surface area contributed by atoms with E-state index in [-0.39, 0.29) is 29.3 Å². The fourth-order valence-electron chi connectivity index (χ4n) is 1.31. The summed E-state index contributed by atoms with van der Waals surface area (Å²) in [7, 11) is -4.63. The van der Waals surface area contributed by atoms with Gasteiger partial charge in [-0.3, -0.25) is 23.4 Å². The first-order chi connectivity index (χ1) is 11.6. The molecule has 4 atom stereocenters. The first kappa shape index (κ1) is 27.1. The lowest BCUT2D eigenvalue weighted by Crippen LogP contribution is -2.34. The third-order valence-electron chi connectivity index (χ3n) is 2.63. The Hall–Kier alpha value is -1.09. The van der Waals surface area contributed by atoms with Crippen LogP contribution in [0.3, 0.4) is 0 Å². The molecule has 13 heteroatoms. The summed E-state index contributed by atoms with van der Waals surface area (Å²) in [5.41, 5.74) is 5.14. The number of hydrogen-bond donors (Lipinski definition) is 3. The molecule has 0 spiro atoms. The highest BCUT2D eigenvalue weighted by atomic mass is 31.2. The summed E-state index contributed by atoms with van der Waals surface area (Å²) in [5, 5.41) is 8.57. The summed E-state index contributed by atoms with van der Waals surface area (Å²) < 4.78 is 30.6. The number of aliphatic carboxylic acids is 1. The minimum atomic E-state index is -4.63. The molecule has 0 radical (unpaired) electrons. The summed E-state index contributed by atoms with van der Waals surface area (Å²) >= 11 is 0. The second kappa shape index (κ2) is 14.0. The van der Waals surface area contributed by atoms with E-state index in [0.29, 0.717) is 6.42 Å². The molecule has 11 nitrogen and oxygen atoms in total. The van der Waals surface area contributed by atoms with Crippen molar-refractivity contribution in [1.29, 1.82) is 0 Å². The molecule has 0 fully saturated rings. The van der Waals surface area contributed by atoms with Crippen molar-refractivity contribution >= 4 is 35.6 Å². The van der Waals surface area contributed by atoms with Crippen LogP contribution in [-0.4, -0.2) is 59.9 Å². The highest BCUT2D eigenvalue weighted by molar-refractivity contribution is 7.47. The van der Waals surface area contributed by atoms with Gasteiger partial charge >= 0.3 is 25.7 Å². The molecule has 0 saturated heterocycles. The average molecular weight is 419 g/mol. The van der Waals surface area contributed by atoms with Crippen LogP contribution in [0.25, 0.3) is 0 Å². The number of hydrogen-bond acceptors (Lipinski definition) is 9. The van der Waals surface area contributed by atoms with Crippen LogP contribution < -0.4 is 5.73 Å². The smallest absolute Gasteiger partial charge is 0.472 e.